The number of aliphatic hydroxyl groups is 1. The van der Waals surface area contributed by atoms with Crippen molar-refractivity contribution in [3.8, 4) is 0 Å². The van der Waals surface area contributed by atoms with Crippen LogP contribution in [0.3, 0.4) is 0 Å². The second-order valence-electron chi connectivity index (χ2n) is 3.61. The number of aromatic nitrogens is 1. The molecule has 3 nitrogen and oxygen atoms in total. The molecule has 0 radical (unpaired) electrons. The van der Waals surface area contributed by atoms with Crippen molar-refractivity contribution < 1.29 is 5.11 Å². The Hall–Kier alpha value is -0.160. The Labute approximate surface area is 92.3 Å². The molecule has 0 aromatic carbocycles. The maximum Gasteiger partial charge on any atom is 0.183 e. The largest absolute Gasteiger partial charge is 0.392 e. The van der Waals surface area contributed by atoms with Crippen LogP contribution < -0.4 is 0 Å². The van der Waals surface area contributed by atoms with Crippen LogP contribution >= 0.6 is 22.9 Å². The number of hydrogen-bond acceptors (Lipinski definition) is 4. The minimum Gasteiger partial charge on any atom is -0.392 e. The van der Waals surface area contributed by atoms with Crippen LogP contribution in [0.2, 0.25) is 4.47 Å². The van der Waals surface area contributed by atoms with Gasteiger partial charge in [-0.05, 0) is 19.4 Å². The number of rotatable bonds is 2. The third-order valence-electron chi connectivity index (χ3n) is 2.39. The zero-order chi connectivity index (χ0) is 9.97. The number of likely N-dealkylation sites (tertiary alicyclic amines) is 1. The molecule has 0 saturated carbocycles. The van der Waals surface area contributed by atoms with Crippen molar-refractivity contribution in [3.63, 3.8) is 0 Å². The SMILES string of the molecule is O[C@@H]1CCCN(Cc2cnc(Cl)s2)C1. The van der Waals surface area contributed by atoms with Gasteiger partial charge < -0.3 is 5.11 Å². The Morgan fingerprint density at radius 2 is 2.57 bits per heavy atom. The molecule has 1 aromatic heterocycles. The van der Waals surface area contributed by atoms with E-state index >= 15 is 0 Å². The van der Waals surface area contributed by atoms with E-state index in [4.69, 9.17) is 11.6 Å². The summed E-state index contributed by atoms with van der Waals surface area (Å²) in [5.74, 6) is 0. The molecule has 1 aliphatic rings. The monoisotopic (exact) mass is 232 g/mol. The first-order chi connectivity index (χ1) is 6.74. The molecule has 5 heteroatoms. The Bertz CT molecular complexity index is 305. The number of β-amino-alcohol motifs (C(OH)–C–C–N with tert-alkyl or cyclic N) is 1. The van der Waals surface area contributed by atoms with Gasteiger partial charge in [-0.15, -0.1) is 11.3 Å². The lowest BCUT2D eigenvalue weighted by atomic mass is 10.1. The summed E-state index contributed by atoms with van der Waals surface area (Å²) in [5, 5.41) is 9.48. The Morgan fingerprint density at radius 3 is 3.21 bits per heavy atom. The van der Waals surface area contributed by atoms with Gasteiger partial charge in [-0.3, -0.25) is 4.90 Å². The van der Waals surface area contributed by atoms with Crippen LogP contribution in [0.4, 0.5) is 0 Å². The van der Waals surface area contributed by atoms with Crippen molar-refractivity contribution in [3.05, 3.63) is 15.5 Å². The summed E-state index contributed by atoms with van der Waals surface area (Å²) in [6, 6.07) is 0. The van der Waals surface area contributed by atoms with Crippen LogP contribution in [0.1, 0.15) is 17.7 Å². The number of aliphatic hydroxyl groups excluding tert-OH is 1. The van der Waals surface area contributed by atoms with Crippen LogP contribution in [-0.4, -0.2) is 34.2 Å². The summed E-state index contributed by atoms with van der Waals surface area (Å²) >= 11 is 7.26. The van der Waals surface area contributed by atoms with Gasteiger partial charge in [-0.2, -0.15) is 0 Å². The van der Waals surface area contributed by atoms with Crippen LogP contribution in [-0.2, 0) is 6.54 Å². The predicted molar refractivity (Wildman–Crippen MR) is 57.6 cm³/mol. The van der Waals surface area contributed by atoms with E-state index in [1.54, 1.807) is 0 Å². The predicted octanol–water partition coefficient (Wildman–Crippen LogP) is 1.75. The quantitative estimate of drug-likeness (QED) is 0.844. The molecule has 14 heavy (non-hydrogen) atoms. The summed E-state index contributed by atoms with van der Waals surface area (Å²) in [5.41, 5.74) is 0. The van der Waals surface area contributed by atoms with E-state index in [0.29, 0.717) is 4.47 Å². The molecule has 78 valence electrons. The summed E-state index contributed by atoms with van der Waals surface area (Å²) in [4.78, 5) is 7.41. The van der Waals surface area contributed by atoms with Gasteiger partial charge in [0.1, 0.15) is 0 Å². The van der Waals surface area contributed by atoms with Crippen molar-refractivity contribution in [2.45, 2.75) is 25.5 Å². The van der Waals surface area contributed by atoms with E-state index in [1.165, 1.54) is 16.2 Å². The molecule has 0 aliphatic carbocycles. The molecule has 0 spiro atoms. The van der Waals surface area contributed by atoms with E-state index < -0.39 is 0 Å². The maximum absolute atomic E-state index is 9.48. The van der Waals surface area contributed by atoms with Crippen molar-refractivity contribution in [2.24, 2.45) is 0 Å². The zero-order valence-electron chi connectivity index (χ0n) is 7.82. The first kappa shape index (κ1) is 10.4. The highest BCUT2D eigenvalue weighted by molar-refractivity contribution is 7.15. The lowest BCUT2D eigenvalue weighted by Crippen LogP contribution is -2.37. The van der Waals surface area contributed by atoms with Gasteiger partial charge in [-0.25, -0.2) is 4.98 Å². The van der Waals surface area contributed by atoms with Crippen molar-refractivity contribution in [1.82, 2.24) is 9.88 Å². The lowest BCUT2D eigenvalue weighted by molar-refractivity contribution is 0.0673. The second-order valence-corrected chi connectivity index (χ2v) is 5.31. The Balaban J connectivity index is 1.90. The van der Waals surface area contributed by atoms with Gasteiger partial charge in [0.05, 0.1) is 6.10 Å². The van der Waals surface area contributed by atoms with Gasteiger partial charge in [0.25, 0.3) is 0 Å². The van der Waals surface area contributed by atoms with Gasteiger partial charge in [0.15, 0.2) is 4.47 Å². The van der Waals surface area contributed by atoms with Gasteiger partial charge in [0.2, 0.25) is 0 Å². The Kier molecular flexibility index (Phi) is 3.38. The number of nitrogens with zero attached hydrogens (tertiary/aromatic N) is 2. The van der Waals surface area contributed by atoms with Gasteiger partial charge in [-0.1, -0.05) is 11.6 Å². The molecule has 1 aliphatic heterocycles. The fourth-order valence-corrected chi connectivity index (χ4v) is 2.77. The van der Waals surface area contributed by atoms with E-state index in [1.807, 2.05) is 6.20 Å². The average molecular weight is 233 g/mol. The minimum absolute atomic E-state index is 0.160. The highest BCUT2D eigenvalue weighted by Gasteiger charge is 2.18. The number of halogens is 1. The Morgan fingerprint density at radius 1 is 1.71 bits per heavy atom. The topological polar surface area (TPSA) is 36.4 Å². The molecule has 0 amide bonds. The van der Waals surface area contributed by atoms with Crippen LogP contribution in [0, 0.1) is 0 Å². The third kappa shape index (κ3) is 2.67. The summed E-state index contributed by atoms with van der Waals surface area (Å²) in [6.45, 7) is 2.70. The molecule has 2 heterocycles. The van der Waals surface area contributed by atoms with Crippen LogP contribution in [0.25, 0.3) is 0 Å². The molecular weight excluding hydrogens is 220 g/mol. The summed E-state index contributed by atoms with van der Waals surface area (Å²) in [6.07, 6.45) is 3.66. The first-order valence-electron chi connectivity index (χ1n) is 4.74. The molecular formula is C9H13ClN2OS. The highest BCUT2D eigenvalue weighted by atomic mass is 35.5. The standard InChI is InChI=1S/C9H13ClN2OS/c10-9-11-4-8(14-9)6-12-3-1-2-7(13)5-12/h4,7,13H,1-3,5-6H2/t7-/m1/s1. The molecule has 0 bridgehead atoms. The molecule has 1 fully saturated rings. The molecule has 1 N–H and O–H groups in total. The van der Waals surface area contributed by atoms with E-state index in [9.17, 15) is 5.11 Å². The fraction of sp³-hybridized carbons (Fsp3) is 0.667. The zero-order valence-corrected chi connectivity index (χ0v) is 9.39. The number of hydrogen-bond donors (Lipinski definition) is 1. The smallest absolute Gasteiger partial charge is 0.183 e. The summed E-state index contributed by atoms with van der Waals surface area (Å²) in [7, 11) is 0. The molecule has 2 rings (SSSR count). The normalized spacial score (nSPS) is 24.0. The second kappa shape index (κ2) is 4.57. The fourth-order valence-electron chi connectivity index (χ4n) is 1.75. The minimum atomic E-state index is -0.160. The average Bonchev–Trinajstić information content (AvgIpc) is 2.51. The lowest BCUT2D eigenvalue weighted by Gasteiger charge is -2.29. The third-order valence-corrected chi connectivity index (χ3v) is 3.49. The van der Waals surface area contributed by atoms with Crippen LogP contribution in [0.15, 0.2) is 6.20 Å². The van der Waals surface area contributed by atoms with E-state index in [-0.39, 0.29) is 6.10 Å². The summed E-state index contributed by atoms with van der Waals surface area (Å²) < 4.78 is 0.595. The number of thiazole rings is 1. The van der Waals surface area contributed by atoms with Crippen LogP contribution in [0.5, 0.6) is 0 Å². The molecule has 1 atom stereocenters. The van der Waals surface area contributed by atoms with E-state index in [0.717, 1.165) is 32.5 Å². The maximum atomic E-state index is 9.48. The molecule has 1 aromatic rings. The number of piperidine rings is 1. The molecule has 0 unspecified atom stereocenters. The molecule has 1 saturated heterocycles. The van der Waals surface area contributed by atoms with Crippen molar-refractivity contribution >= 4 is 22.9 Å². The van der Waals surface area contributed by atoms with Crippen molar-refractivity contribution in [2.75, 3.05) is 13.1 Å². The van der Waals surface area contributed by atoms with Gasteiger partial charge >= 0.3 is 0 Å². The highest BCUT2D eigenvalue weighted by Crippen LogP contribution is 2.21. The van der Waals surface area contributed by atoms with Crippen molar-refractivity contribution in [1.29, 1.82) is 0 Å². The van der Waals surface area contributed by atoms with E-state index in [2.05, 4.69) is 9.88 Å². The van der Waals surface area contributed by atoms with Gasteiger partial charge in [0, 0.05) is 24.2 Å². The first-order valence-corrected chi connectivity index (χ1v) is 5.94.